The Kier molecular flexibility index (Phi) is 6.17. The fourth-order valence-corrected chi connectivity index (χ4v) is 3.21. The molecule has 0 radical (unpaired) electrons. The Hall–Kier alpha value is -4.80. The summed E-state index contributed by atoms with van der Waals surface area (Å²) in [5.74, 6) is -2.05. The summed E-state index contributed by atoms with van der Waals surface area (Å²) >= 11 is 0. The van der Waals surface area contributed by atoms with Crippen molar-refractivity contribution in [3.63, 3.8) is 0 Å². The fraction of sp³-hybridized carbons (Fsp3) is 0.130. The number of rotatable bonds is 7. The zero-order valence-corrected chi connectivity index (χ0v) is 18.1. The number of aromatic nitrogens is 2. The predicted molar refractivity (Wildman–Crippen MR) is 118 cm³/mol. The average Bonchev–Trinajstić information content (AvgIpc) is 3.12. The normalized spacial score (nSPS) is 12.2. The molecule has 2 heterocycles. The van der Waals surface area contributed by atoms with Crippen molar-refractivity contribution in [2.45, 2.75) is 0 Å². The number of imide groups is 1. The van der Waals surface area contributed by atoms with Crippen LogP contribution in [0.4, 0.5) is 11.6 Å². The van der Waals surface area contributed by atoms with Gasteiger partial charge in [-0.1, -0.05) is 12.1 Å². The van der Waals surface area contributed by atoms with Crippen LogP contribution in [0.2, 0.25) is 0 Å². The molecule has 0 spiro atoms. The number of carbonyl (C=O) groups excluding carboxylic acids is 4. The Morgan fingerprint density at radius 2 is 1.44 bits per heavy atom. The van der Waals surface area contributed by atoms with Crippen molar-refractivity contribution in [1.82, 2.24) is 9.97 Å². The van der Waals surface area contributed by atoms with Gasteiger partial charge in [-0.25, -0.2) is 9.69 Å². The summed E-state index contributed by atoms with van der Waals surface area (Å²) in [5, 5.41) is 2.38. The van der Waals surface area contributed by atoms with Gasteiger partial charge >= 0.3 is 5.97 Å². The molecular formula is C23H18N4O7. The number of nitrogens with one attached hydrogen (secondary N) is 1. The highest BCUT2D eigenvalue weighted by molar-refractivity contribution is 6.34. The summed E-state index contributed by atoms with van der Waals surface area (Å²) in [6.07, 6.45) is 0. The summed E-state index contributed by atoms with van der Waals surface area (Å²) in [5.41, 5.74) is 1.08. The molecule has 0 fully saturated rings. The van der Waals surface area contributed by atoms with Gasteiger partial charge in [0, 0.05) is 0 Å². The Labute approximate surface area is 193 Å². The highest BCUT2D eigenvalue weighted by Gasteiger charge is 2.36. The number of fused-ring (bicyclic) bond motifs is 1. The third-order valence-corrected chi connectivity index (χ3v) is 4.84. The molecule has 11 nitrogen and oxygen atoms in total. The van der Waals surface area contributed by atoms with Crippen molar-refractivity contribution >= 4 is 35.3 Å². The van der Waals surface area contributed by atoms with E-state index in [1.807, 2.05) is 0 Å². The number of anilines is 2. The Bertz CT molecular complexity index is 1230. The molecule has 0 atom stereocenters. The van der Waals surface area contributed by atoms with Gasteiger partial charge in [-0.05, 0) is 36.4 Å². The second kappa shape index (κ2) is 9.36. The lowest BCUT2D eigenvalue weighted by molar-refractivity contribution is -0.119. The maximum atomic E-state index is 12.6. The van der Waals surface area contributed by atoms with Crippen LogP contribution in [0.25, 0.3) is 0 Å². The SMILES string of the molecule is COc1cc(OC)nc(NC(=O)COC(=O)c2ccc(N3C(=O)c4ccccc4C3=O)cc2)n1. The highest BCUT2D eigenvalue weighted by atomic mass is 16.5. The van der Waals surface area contributed by atoms with E-state index in [2.05, 4.69) is 15.3 Å². The number of methoxy groups -OCH3 is 2. The van der Waals surface area contributed by atoms with E-state index in [4.69, 9.17) is 14.2 Å². The molecule has 1 N–H and O–H groups in total. The van der Waals surface area contributed by atoms with Crippen LogP contribution in [0.15, 0.2) is 54.6 Å². The van der Waals surface area contributed by atoms with Gasteiger partial charge in [0.15, 0.2) is 6.61 Å². The zero-order valence-electron chi connectivity index (χ0n) is 18.1. The van der Waals surface area contributed by atoms with Gasteiger partial charge in [0.05, 0.1) is 42.7 Å². The maximum Gasteiger partial charge on any atom is 0.338 e. The third-order valence-electron chi connectivity index (χ3n) is 4.84. The summed E-state index contributed by atoms with van der Waals surface area (Å²) in [7, 11) is 2.80. The molecule has 4 rings (SSSR count). The number of benzene rings is 2. The second-order valence-corrected chi connectivity index (χ2v) is 6.94. The first-order valence-electron chi connectivity index (χ1n) is 9.93. The van der Waals surface area contributed by atoms with Crippen molar-refractivity contribution in [3.8, 4) is 11.8 Å². The largest absolute Gasteiger partial charge is 0.481 e. The van der Waals surface area contributed by atoms with Gasteiger partial charge in [0.2, 0.25) is 17.7 Å². The van der Waals surface area contributed by atoms with E-state index in [1.54, 1.807) is 24.3 Å². The lowest BCUT2D eigenvalue weighted by atomic mass is 10.1. The van der Waals surface area contributed by atoms with Gasteiger partial charge in [-0.2, -0.15) is 9.97 Å². The molecule has 0 aliphatic carbocycles. The molecule has 0 unspecified atom stereocenters. The summed E-state index contributed by atoms with van der Waals surface area (Å²) in [6.45, 7) is -0.595. The monoisotopic (exact) mass is 462 g/mol. The van der Waals surface area contributed by atoms with Gasteiger partial charge in [0.1, 0.15) is 0 Å². The number of hydrogen-bond donors (Lipinski definition) is 1. The van der Waals surface area contributed by atoms with Gasteiger partial charge < -0.3 is 14.2 Å². The van der Waals surface area contributed by atoms with Crippen LogP contribution in [0, 0.1) is 0 Å². The average molecular weight is 462 g/mol. The second-order valence-electron chi connectivity index (χ2n) is 6.94. The zero-order chi connectivity index (χ0) is 24.2. The number of carbonyl (C=O) groups is 4. The first-order chi connectivity index (χ1) is 16.4. The van der Waals surface area contributed by atoms with Crippen LogP contribution in [0.1, 0.15) is 31.1 Å². The topological polar surface area (TPSA) is 137 Å². The molecular weight excluding hydrogens is 444 g/mol. The molecule has 0 saturated carbocycles. The molecule has 2 aromatic carbocycles. The van der Waals surface area contributed by atoms with E-state index < -0.39 is 30.3 Å². The standard InChI is InChI=1S/C23H18N4O7/c1-32-18-11-19(33-2)26-23(25-18)24-17(28)12-34-22(31)13-7-9-14(10-8-13)27-20(29)15-5-3-4-6-16(15)21(27)30/h3-11H,12H2,1-2H3,(H,24,25,26,28). The molecule has 1 aliphatic heterocycles. The van der Waals surface area contributed by atoms with Gasteiger partial charge in [-0.3, -0.25) is 19.7 Å². The van der Waals surface area contributed by atoms with Crippen LogP contribution in [-0.2, 0) is 9.53 Å². The first kappa shape index (κ1) is 22.4. The van der Waals surface area contributed by atoms with Crippen LogP contribution in [-0.4, -0.2) is 54.5 Å². The molecule has 172 valence electrons. The smallest absolute Gasteiger partial charge is 0.338 e. The van der Waals surface area contributed by atoms with E-state index in [0.717, 1.165) is 4.90 Å². The molecule has 1 aliphatic rings. The first-order valence-corrected chi connectivity index (χ1v) is 9.93. The van der Waals surface area contributed by atoms with Crippen LogP contribution in [0.3, 0.4) is 0 Å². The van der Waals surface area contributed by atoms with Crippen LogP contribution < -0.4 is 19.7 Å². The van der Waals surface area contributed by atoms with Gasteiger partial charge in [-0.15, -0.1) is 0 Å². The minimum atomic E-state index is -0.770. The third kappa shape index (κ3) is 4.39. The van der Waals surface area contributed by atoms with Crippen molar-refractivity contribution in [2.24, 2.45) is 0 Å². The van der Waals surface area contributed by atoms with Crippen LogP contribution in [0.5, 0.6) is 11.8 Å². The van der Waals surface area contributed by atoms with E-state index in [-0.39, 0.29) is 23.3 Å². The number of hydrogen-bond acceptors (Lipinski definition) is 9. The van der Waals surface area contributed by atoms with Gasteiger partial charge in [0.25, 0.3) is 17.7 Å². The molecule has 0 bridgehead atoms. The molecule has 11 heteroatoms. The lowest BCUT2D eigenvalue weighted by Crippen LogP contribution is -2.29. The van der Waals surface area contributed by atoms with Crippen LogP contribution >= 0.6 is 0 Å². The minimum Gasteiger partial charge on any atom is -0.481 e. The van der Waals surface area contributed by atoms with E-state index in [9.17, 15) is 19.2 Å². The molecule has 0 saturated heterocycles. The number of ether oxygens (including phenoxy) is 3. The summed E-state index contributed by atoms with van der Waals surface area (Å²) in [6, 6.07) is 13.7. The van der Waals surface area contributed by atoms with Crippen molar-refractivity contribution < 1.29 is 33.4 Å². The number of esters is 1. The molecule has 34 heavy (non-hydrogen) atoms. The highest BCUT2D eigenvalue weighted by Crippen LogP contribution is 2.28. The maximum absolute atomic E-state index is 12.6. The number of amides is 3. The Morgan fingerprint density at radius 3 is 1.97 bits per heavy atom. The minimum absolute atomic E-state index is 0.0810. The van der Waals surface area contributed by atoms with Crippen molar-refractivity contribution in [3.05, 3.63) is 71.3 Å². The Balaban J connectivity index is 1.37. The quantitative estimate of drug-likeness (QED) is 0.413. The summed E-state index contributed by atoms with van der Waals surface area (Å²) < 4.78 is 15.0. The van der Waals surface area contributed by atoms with E-state index in [1.165, 1.54) is 44.6 Å². The summed E-state index contributed by atoms with van der Waals surface area (Å²) in [4.78, 5) is 58.5. The molecule has 3 aromatic rings. The van der Waals surface area contributed by atoms with E-state index >= 15 is 0 Å². The van der Waals surface area contributed by atoms with Crippen molar-refractivity contribution in [1.29, 1.82) is 0 Å². The Morgan fingerprint density at radius 1 is 0.882 bits per heavy atom. The van der Waals surface area contributed by atoms with Crippen molar-refractivity contribution in [2.75, 3.05) is 31.0 Å². The fourth-order valence-electron chi connectivity index (χ4n) is 3.21. The molecule has 3 amide bonds. The predicted octanol–water partition coefficient (Wildman–Crippen LogP) is 2.09. The number of nitrogens with zero attached hydrogens (tertiary/aromatic N) is 3. The van der Waals surface area contributed by atoms with E-state index in [0.29, 0.717) is 16.8 Å². The molecule has 1 aromatic heterocycles. The lowest BCUT2D eigenvalue weighted by Gasteiger charge is -2.14.